The molecular weight excluding hydrogens is 309 g/mol. The van der Waals surface area contributed by atoms with Crippen LogP contribution in [0.25, 0.3) is 11.1 Å². The fourth-order valence-corrected chi connectivity index (χ4v) is 3.06. The molecule has 0 aliphatic rings. The number of halogens is 1. The van der Waals surface area contributed by atoms with Gasteiger partial charge in [0, 0.05) is 6.54 Å². The molecule has 0 bridgehead atoms. The lowest BCUT2D eigenvalue weighted by molar-refractivity contribution is 0.628. The summed E-state index contributed by atoms with van der Waals surface area (Å²) in [7, 11) is 0. The molecule has 0 aliphatic carbocycles. The van der Waals surface area contributed by atoms with Gasteiger partial charge >= 0.3 is 0 Å². The maximum absolute atomic E-state index is 14.3. The van der Waals surface area contributed by atoms with Gasteiger partial charge in [0.05, 0.1) is 5.69 Å². The van der Waals surface area contributed by atoms with Crippen LogP contribution in [-0.4, -0.2) is 6.54 Å². The summed E-state index contributed by atoms with van der Waals surface area (Å²) in [5.41, 5.74) is 3.99. The molecule has 0 amide bonds. The third kappa shape index (κ3) is 6.53. The van der Waals surface area contributed by atoms with Crippen LogP contribution < -0.4 is 5.32 Å². The average Bonchev–Trinajstić information content (AvgIpc) is 2.63. The van der Waals surface area contributed by atoms with E-state index in [1.807, 2.05) is 12.1 Å². The maximum Gasteiger partial charge on any atom is 0.146 e. The Morgan fingerprint density at radius 1 is 0.760 bits per heavy atom. The van der Waals surface area contributed by atoms with E-state index in [-0.39, 0.29) is 5.82 Å². The molecule has 0 saturated heterocycles. The van der Waals surface area contributed by atoms with Crippen molar-refractivity contribution in [2.24, 2.45) is 0 Å². The van der Waals surface area contributed by atoms with Gasteiger partial charge in [-0.15, -0.1) is 0 Å². The number of anilines is 1. The SMILES string of the molecule is CCCCCCNc1ccc(-c2ccc(CCCCC)cc2)cc1F. The van der Waals surface area contributed by atoms with Crippen LogP contribution in [-0.2, 0) is 6.42 Å². The third-order valence-electron chi connectivity index (χ3n) is 4.67. The molecule has 2 rings (SSSR count). The first-order valence-corrected chi connectivity index (χ1v) is 9.87. The fourth-order valence-electron chi connectivity index (χ4n) is 3.06. The van der Waals surface area contributed by atoms with E-state index < -0.39 is 0 Å². The van der Waals surface area contributed by atoms with Crippen LogP contribution >= 0.6 is 0 Å². The molecule has 0 fully saturated rings. The highest BCUT2D eigenvalue weighted by Gasteiger charge is 2.05. The molecule has 0 aromatic heterocycles. The van der Waals surface area contributed by atoms with Crippen LogP contribution in [0.2, 0.25) is 0 Å². The zero-order valence-electron chi connectivity index (χ0n) is 15.8. The highest BCUT2D eigenvalue weighted by Crippen LogP contribution is 2.25. The van der Waals surface area contributed by atoms with E-state index in [0.717, 1.165) is 30.5 Å². The van der Waals surface area contributed by atoms with E-state index in [0.29, 0.717) is 5.69 Å². The zero-order chi connectivity index (χ0) is 17.9. The smallest absolute Gasteiger partial charge is 0.146 e. The molecule has 2 heteroatoms. The van der Waals surface area contributed by atoms with Crippen molar-refractivity contribution in [2.45, 2.75) is 65.2 Å². The standard InChI is InChI=1S/C23H32FN/c1-3-5-7-9-17-25-23-16-15-21(18-22(23)24)20-13-11-19(12-14-20)10-8-6-4-2/h11-16,18,25H,3-10,17H2,1-2H3. The van der Waals surface area contributed by atoms with Crippen LogP contribution in [0.1, 0.15) is 64.4 Å². The topological polar surface area (TPSA) is 12.0 Å². The lowest BCUT2D eigenvalue weighted by atomic mass is 10.0. The van der Waals surface area contributed by atoms with E-state index in [2.05, 4.69) is 43.4 Å². The Morgan fingerprint density at radius 2 is 1.44 bits per heavy atom. The minimum absolute atomic E-state index is 0.167. The minimum Gasteiger partial charge on any atom is -0.383 e. The first-order valence-electron chi connectivity index (χ1n) is 9.87. The maximum atomic E-state index is 14.3. The van der Waals surface area contributed by atoms with E-state index >= 15 is 0 Å². The van der Waals surface area contributed by atoms with Crippen molar-refractivity contribution in [3.63, 3.8) is 0 Å². The number of benzene rings is 2. The van der Waals surface area contributed by atoms with Crippen molar-refractivity contribution in [2.75, 3.05) is 11.9 Å². The summed E-state index contributed by atoms with van der Waals surface area (Å²) < 4.78 is 14.3. The van der Waals surface area contributed by atoms with Gasteiger partial charge in [0.25, 0.3) is 0 Å². The van der Waals surface area contributed by atoms with Crippen LogP contribution in [0.4, 0.5) is 10.1 Å². The zero-order valence-corrected chi connectivity index (χ0v) is 15.8. The molecule has 0 heterocycles. The van der Waals surface area contributed by atoms with Gasteiger partial charge in [-0.2, -0.15) is 0 Å². The van der Waals surface area contributed by atoms with Crippen molar-refractivity contribution < 1.29 is 4.39 Å². The Kier molecular flexibility index (Phi) is 8.51. The number of rotatable bonds is 11. The largest absolute Gasteiger partial charge is 0.383 e. The summed E-state index contributed by atoms with van der Waals surface area (Å²) >= 11 is 0. The summed E-state index contributed by atoms with van der Waals surface area (Å²) in [6.45, 7) is 5.26. The van der Waals surface area contributed by atoms with E-state index in [1.165, 1.54) is 44.1 Å². The first kappa shape index (κ1) is 19.5. The number of nitrogens with one attached hydrogen (secondary N) is 1. The molecule has 0 unspecified atom stereocenters. The van der Waals surface area contributed by atoms with Crippen LogP contribution in [0, 0.1) is 5.82 Å². The Hall–Kier alpha value is -1.83. The molecule has 0 radical (unpaired) electrons. The molecule has 0 atom stereocenters. The number of hydrogen-bond donors (Lipinski definition) is 1. The van der Waals surface area contributed by atoms with Crippen molar-refractivity contribution in [1.29, 1.82) is 0 Å². The van der Waals surface area contributed by atoms with Gasteiger partial charge in [-0.25, -0.2) is 4.39 Å². The highest BCUT2D eigenvalue weighted by atomic mass is 19.1. The predicted molar refractivity (Wildman–Crippen MR) is 108 cm³/mol. The molecular formula is C23H32FN. The number of unbranched alkanes of at least 4 members (excludes halogenated alkanes) is 5. The first-order chi connectivity index (χ1) is 12.2. The van der Waals surface area contributed by atoms with Gasteiger partial charge in [0.1, 0.15) is 5.82 Å². The number of hydrogen-bond acceptors (Lipinski definition) is 1. The molecule has 2 aromatic carbocycles. The van der Waals surface area contributed by atoms with Gasteiger partial charge in [0.15, 0.2) is 0 Å². The van der Waals surface area contributed by atoms with Gasteiger partial charge in [-0.1, -0.05) is 76.3 Å². The second kappa shape index (κ2) is 10.9. The van der Waals surface area contributed by atoms with Gasteiger partial charge in [-0.05, 0) is 48.1 Å². The monoisotopic (exact) mass is 341 g/mol. The molecule has 0 saturated carbocycles. The number of aryl methyl sites for hydroxylation is 1. The predicted octanol–water partition coefficient (Wildman–Crippen LogP) is 7.22. The molecule has 0 spiro atoms. The van der Waals surface area contributed by atoms with Gasteiger partial charge in [-0.3, -0.25) is 0 Å². The molecule has 1 N–H and O–H groups in total. The minimum atomic E-state index is -0.167. The Morgan fingerprint density at radius 3 is 2.12 bits per heavy atom. The van der Waals surface area contributed by atoms with Crippen LogP contribution in [0.5, 0.6) is 0 Å². The Bertz CT molecular complexity index is 618. The molecule has 0 aliphatic heterocycles. The molecule has 1 nitrogen and oxygen atoms in total. The Labute approximate surface area is 152 Å². The van der Waals surface area contributed by atoms with Crippen molar-refractivity contribution in [3.8, 4) is 11.1 Å². The average molecular weight is 342 g/mol. The normalized spacial score (nSPS) is 10.8. The lowest BCUT2D eigenvalue weighted by Crippen LogP contribution is -2.03. The second-order valence-corrected chi connectivity index (χ2v) is 6.84. The molecule has 136 valence electrons. The summed E-state index contributed by atoms with van der Waals surface area (Å²) in [4.78, 5) is 0. The third-order valence-corrected chi connectivity index (χ3v) is 4.67. The summed E-state index contributed by atoms with van der Waals surface area (Å²) in [5, 5.41) is 3.21. The van der Waals surface area contributed by atoms with E-state index in [1.54, 1.807) is 6.07 Å². The van der Waals surface area contributed by atoms with Crippen LogP contribution in [0.3, 0.4) is 0 Å². The molecule has 2 aromatic rings. The summed E-state index contributed by atoms with van der Waals surface area (Å²) in [6, 6.07) is 14.1. The lowest BCUT2D eigenvalue weighted by Gasteiger charge is -2.10. The highest BCUT2D eigenvalue weighted by molar-refractivity contribution is 5.66. The van der Waals surface area contributed by atoms with E-state index in [4.69, 9.17) is 0 Å². The molecule has 25 heavy (non-hydrogen) atoms. The fraction of sp³-hybridized carbons (Fsp3) is 0.478. The second-order valence-electron chi connectivity index (χ2n) is 6.84. The van der Waals surface area contributed by atoms with Crippen molar-refractivity contribution in [1.82, 2.24) is 0 Å². The van der Waals surface area contributed by atoms with Crippen LogP contribution in [0.15, 0.2) is 42.5 Å². The van der Waals surface area contributed by atoms with Gasteiger partial charge in [0.2, 0.25) is 0 Å². The van der Waals surface area contributed by atoms with Crippen molar-refractivity contribution >= 4 is 5.69 Å². The quantitative estimate of drug-likeness (QED) is 0.425. The summed E-state index contributed by atoms with van der Waals surface area (Å²) in [6.07, 6.45) is 9.66. The Balaban J connectivity index is 1.92. The van der Waals surface area contributed by atoms with Crippen molar-refractivity contribution in [3.05, 3.63) is 53.8 Å². The van der Waals surface area contributed by atoms with Gasteiger partial charge < -0.3 is 5.32 Å². The van der Waals surface area contributed by atoms with E-state index in [9.17, 15) is 4.39 Å². The summed E-state index contributed by atoms with van der Waals surface area (Å²) in [5.74, 6) is -0.167.